The van der Waals surface area contributed by atoms with Crippen LogP contribution in [-0.2, 0) is 14.4 Å². The van der Waals surface area contributed by atoms with Gasteiger partial charge in [-0.15, -0.1) is 0 Å². The topological polar surface area (TPSA) is 84.9 Å². The van der Waals surface area contributed by atoms with Gasteiger partial charge in [0.05, 0.1) is 26.1 Å². The van der Waals surface area contributed by atoms with Gasteiger partial charge in [-0.05, 0) is 6.42 Å². The third-order valence-electron chi connectivity index (χ3n) is 3.89. The molecule has 1 aromatic carbocycles. The first-order chi connectivity index (χ1) is 10.5. The lowest BCUT2D eigenvalue weighted by Gasteiger charge is -2.16. The number of hydrogen-bond donors (Lipinski definition) is 1. The highest BCUT2D eigenvalue weighted by molar-refractivity contribution is 6.11. The SMILES string of the molecule is COc1cc(NC(=O)CN2C(=O)C3CC3C2=O)cc(OC)c1. The Morgan fingerprint density at radius 2 is 1.68 bits per heavy atom. The molecule has 1 saturated carbocycles. The van der Waals surface area contributed by atoms with Crippen molar-refractivity contribution in [3.05, 3.63) is 18.2 Å². The van der Waals surface area contributed by atoms with E-state index in [4.69, 9.17) is 9.47 Å². The van der Waals surface area contributed by atoms with Crippen LogP contribution in [-0.4, -0.2) is 43.4 Å². The summed E-state index contributed by atoms with van der Waals surface area (Å²) in [5, 5.41) is 2.64. The van der Waals surface area contributed by atoms with Crippen molar-refractivity contribution >= 4 is 23.4 Å². The fourth-order valence-electron chi connectivity index (χ4n) is 2.63. The van der Waals surface area contributed by atoms with Crippen molar-refractivity contribution in [3.8, 4) is 11.5 Å². The maximum absolute atomic E-state index is 12.0. The van der Waals surface area contributed by atoms with Gasteiger partial charge in [-0.2, -0.15) is 0 Å². The van der Waals surface area contributed by atoms with Crippen LogP contribution in [0, 0.1) is 11.8 Å². The molecule has 1 heterocycles. The lowest BCUT2D eigenvalue weighted by Crippen LogP contribution is -2.39. The molecule has 2 aliphatic rings. The number of carbonyl (C=O) groups excluding carboxylic acids is 3. The summed E-state index contributed by atoms with van der Waals surface area (Å²) in [6.07, 6.45) is 0.628. The van der Waals surface area contributed by atoms with Crippen molar-refractivity contribution < 1.29 is 23.9 Å². The highest BCUT2D eigenvalue weighted by Crippen LogP contribution is 2.46. The zero-order chi connectivity index (χ0) is 15.9. The highest BCUT2D eigenvalue weighted by atomic mass is 16.5. The lowest BCUT2D eigenvalue weighted by atomic mass is 10.2. The fourth-order valence-corrected chi connectivity index (χ4v) is 2.63. The highest BCUT2D eigenvalue weighted by Gasteiger charge is 2.59. The largest absolute Gasteiger partial charge is 0.497 e. The number of imide groups is 1. The van der Waals surface area contributed by atoms with E-state index in [9.17, 15) is 14.4 Å². The summed E-state index contributed by atoms with van der Waals surface area (Å²) in [6.45, 7) is -0.260. The second kappa shape index (κ2) is 5.32. The van der Waals surface area contributed by atoms with Crippen molar-refractivity contribution in [2.24, 2.45) is 11.8 Å². The molecule has 1 aromatic rings. The molecule has 116 valence electrons. The maximum atomic E-state index is 12.0. The fraction of sp³-hybridized carbons (Fsp3) is 0.400. The third-order valence-corrected chi connectivity index (χ3v) is 3.89. The Hall–Kier alpha value is -2.57. The smallest absolute Gasteiger partial charge is 0.244 e. The van der Waals surface area contributed by atoms with E-state index in [1.807, 2.05) is 0 Å². The molecular weight excluding hydrogens is 288 g/mol. The number of carbonyl (C=O) groups is 3. The van der Waals surface area contributed by atoms with Gasteiger partial charge in [0.15, 0.2) is 0 Å². The van der Waals surface area contributed by atoms with E-state index in [1.54, 1.807) is 18.2 Å². The van der Waals surface area contributed by atoms with Crippen LogP contribution in [0.3, 0.4) is 0 Å². The molecule has 1 saturated heterocycles. The predicted octanol–water partition coefficient (Wildman–Crippen LogP) is 0.647. The van der Waals surface area contributed by atoms with Crippen LogP contribution >= 0.6 is 0 Å². The average molecular weight is 304 g/mol. The molecule has 2 fully saturated rings. The number of anilines is 1. The molecule has 1 aliphatic heterocycles. The summed E-state index contributed by atoms with van der Waals surface area (Å²) in [5.74, 6) is -0.247. The first kappa shape index (κ1) is 14.4. The number of amides is 3. The Morgan fingerprint density at radius 3 is 2.18 bits per heavy atom. The molecule has 7 nitrogen and oxygen atoms in total. The summed E-state index contributed by atoms with van der Waals surface area (Å²) in [7, 11) is 3.02. The maximum Gasteiger partial charge on any atom is 0.244 e. The van der Waals surface area contributed by atoms with Gasteiger partial charge in [-0.25, -0.2) is 0 Å². The van der Waals surface area contributed by atoms with E-state index in [2.05, 4.69) is 5.32 Å². The van der Waals surface area contributed by atoms with Gasteiger partial charge in [-0.1, -0.05) is 0 Å². The van der Waals surface area contributed by atoms with Gasteiger partial charge in [0.1, 0.15) is 18.0 Å². The lowest BCUT2D eigenvalue weighted by molar-refractivity contribution is -0.143. The zero-order valence-corrected chi connectivity index (χ0v) is 12.3. The molecule has 3 rings (SSSR count). The zero-order valence-electron chi connectivity index (χ0n) is 12.3. The monoisotopic (exact) mass is 304 g/mol. The molecule has 1 aliphatic carbocycles. The molecule has 2 unspecified atom stereocenters. The molecular formula is C15H16N2O5. The number of nitrogens with zero attached hydrogens (tertiary/aromatic N) is 1. The van der Waals surface area contributed by atoms with E-state index in [0.29, 0.717) is 23.6 Å². The molecule has 0 aromatic heterocycles. The standard InChI is InChI=1S/C15H16N2O5/c1-21-9-3-8(4-10(5-9)22-2)16-13(18)7-17-14(19)11-6-12(11)15(17)20/h3-5,11-12H,6-7H2,1-2H3,(H,16,18). The summed E-state index contributed by atoms with van der Waals surface area (Å²) < 4.78 is 10.2. The van der Waals surface area contributed by atoms with Gasteiger partial charge in [0, 0.05) is 23.9 Å². The second-order valence-corrected chi connectivity index (χ2v) is 5.36. The Morgan fingerprint density at radius 1 is 1.14 bits per heavy atom. The van der Waals surface area contributed by atoms with Crippen molar-refractivity contribution in [2.75, 3.05) is 26.1 Å². The van der Waals surface area contributed by atoms with Crippen LogP contribution in [0.25, 0.3) is 0 Å². The minimum absolute atomic E-state index is 0.197. The second-order valence-electron chi connectivity index (χ2n) is 5.36. The van der Waals surface area contributed by atoms with Crippen LogP contribution in [0.2, 0.25) is 0 Å². The number of nitrogens with one attached hydrogen (secondary N) is 1. The van der Waals surface area contributed by atoms with E-state index >= 15 is 0 Å². The summed E-state index contributed by atoms with van der Waals surface area (Å²) in [4.78, 5) is 36.7. The van der Waals surface area contributed by atoms with Crippen molar-refractivity contribution in [1.82, 2.24) is 4.90 Å². The predicted molar refractivity (Wildman–Crippen MR) is 76.5 cm³/mol. The Balaban J connectivity index is 1.67. The van der Waals surface area contributed by atoms with E-state index < -0.39 is 5.91 Å². The molecule has 3 amide bonds. The van der Waals surface area contributed by atoms with Crippen LogP contribution in [0.15, 0.2) is 18.2 Å². The summed E-state index contributed by atoms with van der Waals surface area (Å²) in [5.41, 5.74) is 0.477. The average Bonchev–Trinajstić information content (AvgIpc) is 3.27. The molecule has 22 heavy (non-hydrogen) atoms. The Kier molecular flexibility index (Phi) is 3.48. The van der Waals surface area contributed by atoms with Crippen LogP contribution < -0.4 is 14.8 Å². The van der Waals surface area contributed by atoms with Gasteiger partial charge in [0.25, 0.3) is 0 Å². The van der Waals surface area contributed by atoms with E-state index in [1.165, 1.54) is 14.2 Å². The number of benzene rings is 1. The number of ether oxygens (including phenoxy) is 2. The number of piperidine rings is 1. The van der Waals surface area contributed by atoms with Gasteiger partial charge in [0.2, 0.25) is 17.7 Å². The van der Waals surface area contributed by atoms with Crippen molar-refractivity contribution in [2.45, 2.75) is 6.42 Å². The van der Waals surface area contributed by atoms with Crippen LogP contribution in [0.5, 0.6) is 11.5 Å². The minimum Gasteiger partial charge on any atom is -0.497 e. The minimum atomic E-state index is -0.432. The number of fused-ring (bicyclic) bond motifs is 1. The van der Waals surface area contributed by atoms with Crippen LogP contribution in [0.1, 0.15) is 6.42 Å². The van der Waals surface area contributed by atoms with E-state index in [-0.39, 0.29) is 30.2 Å². The number of methoxy groups -OCH3 is 2. The van der Waals surface area contributed by atoms with Gasteiger partial charge in [-0.3, -0.25) is 19.3 Å². The number of hydrogen-bond acceptors (Lipinski definition) is 5. The summed E-state index contributed by atoms with van der Waals surface area (Å²) >= 11 is 0. The molecule has 2 atom stereocenters. The normalized spacial score (nSPS) is 22.4. The Bertz CT molecular complexity index is 615. The third kappa shape index (κ3) is 2.49. The first-order valence-corrected chi connectivity index (χ1v) is 6.91. The van der Waals surface area contributed by atoms with Crippen LogP contribution in [0.4, 0.5) is 5.69 Å². The van der Waals surface area contributed by atoms with Crippen molar-refractivity contribution in [3.63, 3.8) is 0 Å². The quantitative estimate of drug-likeness (QED) is 0.807. The molecule has 1 N–H and O–H groups in total. The molecule has 0 radical (unpaired) electrons. The summed E-state index contributed by atoms with van der Waals surface area (Å²) in [6, 6.07) is 4.94. The van der Waals surface area contributed by atoms with Gasteiger partial charge < -0.3 is 14.8 Å². The number of likely N-dealkylation sites (tertiary alicyclic amines) is 1. The van der Waals surface area contributed by atoms with E-state index in [0.717, 1.165) is 4.90 Å². The number of rotatable bonds is 5. The Labute approximate surface area is 127 Å². The van der Waals surface area contributed by atoms with Gasteiger partial charge >= 0.3 is 0 Å². The first-order valence-electron chi connectivity index (χ1n) is 6.91. The molecule has 0 bridgehead atoms. The molecule has 7 heteroatoms. The molecule has 0 spiro atoms. The van der Waals surface area contributed by atoms with Crippen molar-refractivity contribution in [1.29, 1.82) is 0 Å².